The molecule has 2 atom stereocenters. The molecule has 1 aliphatic heterocycles. The molecule has 2 aromatic carbocycles. The van der Waals surface area contributed by atoms with Gasteiger partial charge in [-0.15, -0.1) is 0 Å². The molecule has 0 spiro atoms. The molecule has 0 bridgehead atoms. The van der Waals surface area contributed by atoms with E-state index in [4.69, 9.17) is 26.1 Å². The van der Waals surface area contributed by atoms with Crippen molar-refractivity contribution in [1.82, 2.24) is 14.9 Å². The number of nitrogens with one attached hydrogen (secondary N) is 1. The molecule has 0 amide bonds. The minimum Gasteiger partial charge on any atom is -0.491 e. The van der Waals surface area contributed by atoms with Crippen molar-refractivity contribution in [3.8, 4) is 17.1 Å². The van der Waals surface area contributed by atoms with E-state index in [0.717, 1.165) is 66.6 Å². The second-order valence-electron chi connectivity index (χ2n) is 8.96. The molecule has 33 heavy (non-hydrogen) atoms. The molecule has 2 aliphatic rings. The number of ether oxygens (including phenoxy) is 2. The zero-order valence-electron chi connectivity index (χ0n) is 18.9. The monoisotopic (exact) mass is 467 g/mol. The van der Waals surface area contributed by atoms with E-state index in [0.29, 0.717) is 6.04 Å². The zero-order chi connectivity index (χ0) is 22.8. The van der Waals surface area contributed by atoms with Gasteiger partial charge in [-0.2, -0.15) is 0 Å². The van der Waals surface area contributed by atoms with Gasteiger partial charge >= 0.3 is 0 Å². The predicted molar refractivity (Wildman–Crippen MR) is 129 cm³/mol. The molecule has 0 radical (unpaired) electrons. The second kappa shape index (κ2) is 9.85. The summed E-state index contributed by atoms with van der Waals surface area (Å²) < 4.78 is 10.8. The number of aryl methyl sites for hydroxylation is 1. The predicted octanol–water partition coefficient (Wildman–Crippen LogP) is 4.03. The van der Waals surface area contributed by atoms with Gasteiger partial charge in [0.15, 0.2) is 0 Å². The first-order valence-corrected chi connectivity index (χ1v) is 12.0. The smallest absolute Gasteiger partial charge is 0.139 e. The third-order valence-electron chi connectivity index (χ3n) is 6.69. The van der Waals surface area contributed by atoms with Crippen molar-refractivity contribution in [3.63, 3.8) is 0 Å². The second-order valence-corrected chi connectivity index (χ2v) is 9.37. The van der Waals surface area contributed by atoms with E-state index in [1.165, 1.54) is 16.8 Å². The summed E-state index contributed by atoms with van der Waals surface area (Å²) in [5, 5.41) is 10.6. The van der Waals surface area contributed by atoms with Gasteiger partial charge in [-0.1, -0.05) is 29.8 Å². The van der Waals surface area contributed by atoms with Crippen LogP contribution in [0.2, 0.25) is 5.02 Å². The number of rotatable bonds is 7. The van der Waals surface area contributed by atoms with E-state index in [1.807, 2.05) is 30.3 Å². The molecular formula is C26H30ClN3O3. The Morgan fingerprint density at radius 3 is 2.91 bits per heavy atom. The Morgan fingerprint density at radius 2 is 2.06 bits per heavy atom. The zero-order valence-corrected chi connectivity index (χ0v) is 19.6. The van der Waals surface area contributed by atoms with Gasteiger partial charge in [-0.05, 0) is 54.7 Å². The maximum absolute atomic E-state index is 9.86. The lowest BCUT2D eigenvalue weighted by Crippen LogP contribution is -2.42. The molecule has 2 heterocycles. The van der Waals surface area contributed by atoms with Gasteiger partial charge in [0.05, 0.1) is 23.0 Å². The molecule has 6 nitrogen and oxygen atoms in total. The fourth-order valence-electron chi connectivity index (χ4n) is 4.96. The number of aliphatic hydroxyl groups is 1. The Labute approximate surface area is 199 Å². The number of halogens is 1. The Bertz CT molecular complexity index is 1120. The SMILES string of the molecule is COC[C@@H](O)COc1ccc2c(c1)CC(N1CCc3nc(-c4ccccc4Cl)[nH]c3C1)CC2. The quantitative estimate of drug-likeness (QED) is 0.549. The third-order valence-corrected chi connectivity index (χ3v) is 7.02. The highest BCUT2D eigenvalue weighted by Crippen LogP contribution is 2.32. The standard InChI is InChI=1S/C26H30ClN3O3/c1-32-15-20(31)16-33-21-9-7-17-6-8-19(12-18(17)13-21)30-11-10-24-25(14-30)29-26(28-24)22-4-2-3-5-23(22)27/h2-5,7,9,13,19-20,31H,6,8,10-12,14-16H2,1H3,(H,28,29)/t19?,20-/m1/s1. The Hall–Kier alpha value is -2.38. The lowest BCUT2D eigenvalue weighted by atomic mass is 9.86. The normalized spacial score (nSPS) is 19.1. The number of aromatic amines is 1. The van der Waals surface area contributed by atoms with Crippen LogP contribution in [0.5, 0.6) is 5.75 Å². The lowest BCUT2D eigenvalue weighted by molar-refractivity contribution is 0.0325. The van der Waals surface area contributed by atoms with Crippen molar-refractivity contribution < 1.29 is 14.6 Å². The summed E-state index contributed by atoms with van der Waals surface area (Å²) in [6.45, 7) is 2.40. The first kappa shape index (κ1) is 22.4. The largest absolute Gasteiger partial charge is 0.491 e. The fraction of sp³-hybridized carbons (Fsp3) is 0.423. The molecule has 1 aliphatic carbocycles. The number of imidazole rings is 1. The van der Waals surface area contributed by atoms with Gasteiger partial charge in [0.2, 0.25) is 0 Å². The molecule has 0 saturated heterocycles. The Kier molecular flexibility index (Phi) is 6.69. The number of fused-ring (bicyclic) bond motifs is 2. The number of aromatic nitrogens is 2. The summed E-state index contributed by atoms with van der Waals surface area (Å²) in [6, 6.07) is 14.7. The molecule has 0 saturated carbocycles. The lowest BCUT2D eigenvalue weighted by Gasteiger charge is -2.37. The number of nitrogens with zero attached hydrogens (tertiary/aromatic N) is 2. The van der Waals surface area contributed by atoms with Crippen LogP contribution in [0, 0.1) is 0 Å². The van der Waals surface area contributed by atoms with Crippen LogP contribution in [0.25, 0.3) is 11.4 Å². The number of aliphatic hydroxyl groups excluding tert-OH is 1. The summed E-state index contributed by atoms with van der Waals surface area (Å²) in [5.74, 6) is 1.67. The van der Waals surface area contributed by atoms with Crippen LogP contribution in [0.3, 0.4) is 0 Å². The molecule has 7 heteroatoms. The average molecular weight is 468 g/mol. The van der Waals surface area contributed by atoms with Crippen LogP contribution in [0.15, 0.2) is 42.5 Å². The fourth-order valence-corrected chi connectivity index (χ4v) is 5.18. The van der Waals surface area contributed by atoms with E-state index in [1.54, 1.807) is 7.11 Å². The van der Waals surface area contributed by atoms with Crippen molar-refractivity contribution in [2.24, 2.45) is 0 Å². The maximum atomic E-state index is 9.86. The summed E-state index contributed by atoms with van der Waals surface area (Å²) in [7, 11) is 1.58. The Morgan fingerprint density at radius 1 is 1.18 bits per heavy atom. The Balaban J connectivity index is 1.26. The van der Waals surface area contributed by atoms with Gasteiger partial charge < -0.3 is 19.6 Å². The summed E-state index contributed by atoms with van der Waals surface area (Å²) in [5.41, 5.74) is 6.05. The number of benzene rings is 2. The molecule has 5 rings (SSSR count). The van der Waals surface area contributed by atoms with Gasteiger partial charge in [0, 0.05) is 38.2 Å². The number of methoxy groups -OCH3 is 1. The van der Waals surface area contributed by atoms with Crippen molar-refractivity contribution in [2.75, 3.05) is 26.9 Å². The van der Waals surface area contributed by atoms with Crippen LogP contribution in [0.1, 0.15) is 28.9 Å². The first-order valence-electron chi connectivity index (χ1n) is 11.6. The summed E-state index contributed by atoms with van der Waals surface area (Å²) in [6.07, 6.45) is 3.56. The highest BCUT2D eigenvalue weighted by Gasteiger charge is 2.29. The van der Waals surface area contributed by atoms with Gasteiger partial charge in [0.1, 0.15) is 24.3 Å². The number of H-pyrrole nitrogens is 1. The molecule has 3 aromatic rings. The molecular weight excluding hydrogens is 438 g/mol. The topological polar surface area (TPSA) is 70.6 Å². The molecule has 1 unspecified atom stereocenters. The van der Waals surface area contributed by atoms with Crippen molar-refractivity contribution in [3.05, 3.63) is 70.0 Å². The minimum atomic E-state index is -0.619. The van der Waals surface area contributed by atoms with Gasteiger partial charge in [0.25, 0.3) is 0 Å². The minimum absolute atomic E-state index is 0.235. The third kappa shape index (κ3) is 4.94. The average Bonchev–Trinajstić information content (AvgIpc) is 3.26. The maximum Gasteiger partial charge on any atom is 0.139 e. The van der Waals surface area contributed by atoms with Crippen molar-refractivity contribution in [2.45, 2.75) is 44.4 Å². The van der Waals surface area contributed by atoms with Crippen LogP contribution in [0.4, 0.5) is 0 Å². The highest BCUT2D eigenvalue weighted by molar-refractivity contribution is 6.33. The van der Waals surface area contributed by atoms with Gasteiger partial charge in [-0.25, -0.2) is 4.98 Å². The van der Waals surface area contributed by atoms with Gasteiger partial charge in [-0.3, -0.25) is 4.90 Å². The molecule has 1 aromatic heterocycles. The highest BCUT2D eigenvalue weighted by atomic mass is 35.5. The number of hydrogen-bond acceptors (Lipinski definition) is 5. The van der Waals surface area contributed by atoms with E-state index in [2.05, 4.69) is 22.0 Å². The van der Waals surface area contributed by atoms with E-state index >= 15 is 0 Å². The van der Waals surface area contributed by atoms with Crippen LogP contribution in [-0.4, -0.2) is 59.0 Å². The first-order chi connectivity index (χ1) is 16.1. The molecule has 0 fully saturated rings. The molecule has 2 N–H and O–H groups in total. The van der Waals surface area contributed by atoms with E-state index in [-0.39, 0.29) is 13.2 Å². The van der Waals surface area contributed by atoms with E-state index in [9.17, 15) is 5.11 Å². The van der Waals surface area contributed by atoms with Crippen LogP contribution < -0.4 is 4.74 Å². The summed E-state index contributed by atoms with van der Waals surface area (Å²) >= 11 is 6.39. The number of hydrogen-bond donors (Lipinski definition) is 2. The van der Waals surface area contributed by atoms with E-state index < -0.39 is 6.10 Å². The van der Waals surface area contributed by atoms with Crippen LogP contribution >= 0.6 is 11.6 Å². The van der Waals surface area contributed by atoms with Crippen LogP contribution in [-0.2, 0) is 30.5 Å². The summed E-state index contributed by atoms with van der Waals surface area (Å²) in [4.78, 5) is 11.0. The van der Waals surface area contributed by atoms with Crippen molar-refractivity contribution >= 4 is 11.6 Å². The molecule has 174 valence electrons. The van der Waals surface area contributed by atoms with Crippen molar-refractivity contribution in [1.29, 1.82) is 0 Å².